The quantitative estimate of drug-likeness (QED) is 0.541. The van der Waals surface area contributed by atoms with E-state index in [9.17, 15) is 10.1 Å². The smallest absolute Gasteiger partial charge is 0.360 e. The number of nitriles is 1. The van der Waals surface area contributed by atoms with Crippen molar-refractivity contribution in [2.75, 3.05) is 12.9 Å². The van der Waals surface area contributed by atoms with Gasteiger partial charge in [0.15, 0.2) is 11.4 Å². The van der Waals surface area contributed by atoms with E-state index in [0.717, 1.165) is 24.1 Å². The normalized spacial score (nSPS) is 13.3. The monoisotopic (exact) mass is 403 g/mol. The van der Waals surface area contributed by atoms with E-state index in [1.54, 1.807) is 35.5 Å². The summed E-state index contributed by atoms with van der Waals surface area (Å²) in [6.07, 6.45) is 4.00. The fourth-order valence-electron chi connectivity index (χ4n) is 2.86. The maximum absolute atomic E-state index is 12.6. The van der Waals surface area contributed by atoms with Crippen LogP contribution < -0.4 is 4.74 Å². The summed E-state index contributed by atoms with van der Waals surface area (Å²) >= 11 is 5.95. The Hall–Kier alpha value is -2.11. The Morgan fingerprint density at radius 1 is 1.48 bits per heavy atom. The zero-order valence-electron chi connectivity index (χ0n) is 15.5. The van der Waals surface area contributed by atoms with Gasteiger partial charge < -0.3 is 9.47 Å². The van der Waals surface area contributed by atoms with Gasteiger partial charge in [0.05, 0.1) is 18.0 Å². The van der Waals surface area contributed by atoms with E-state index in [1.165, 1.54) is 0 Å². The van der Waals surface area contributed by atoms with Crippen molar-refractivity contribution in [2.24, 2.45) is 0 Å². The van der Waals surface area contributed by atoms with E-state index in [2.05, 4.69) is 23.8 Å². The molecule has 1 aromatic heterocycles. The molecule has 8 heteroatoms. The average Bonchev–Trinajstić information content (AvgIpc) is 3.39. The highest BCUT2D eigenvalue weighted by molar-refractivity contribution is 7.97. The second-order valence-electron chi connectivity index (χ2n) is 6.32. The Kier molecular flexibility index (Phi) is 6.02. The van der Waals surface area contributed by atoms with Crippen molar-refractivity contribution in [3.05, 3.63) is 34.6 Å². The van der Waals surface area contributed by atoms with E-state index in [-0.39, 0.29) is 6.61 Å². The van der Waals surface area contributed by atoms with Crippen molar-refractivity contribution in [3.63, 3.8) is 0 Å². The Morgan fingerprint density at radius 2 is 2.22 bits per heavy atom. The van der Waals surface area contributed by atoms with Crippen LogP contribution in [0.5, 0.6) is 11.5 Å². The predicted octanol–water partition coefficient (Wildman–Crippen LogP) is 4.52. The molecule has 142 valence electrons. The van der Waals surface area contributed by atoms with Gasteiger partial charge in [0.25, 0.3) is 0 Å². The molecule has 2 aromatic rings. The van der Waals surface area contributed by atoms with Crippen LogP contribution >= 0.6 is 24.4 Å². The van der Waals surface area contributed by atoms with Gasteiger partial charge in [-0.25, -0.2) is 9.48 Å². The molecule has 27 heavy (non-hydrogen) atoms. The van der Waals surface area contributed by atoms with Gasteiger partial charge in [0, 0.05) is 10.8 Å². The molecule has 3 rings (SSSR count). The number of aryl methyl sites for hydroxylation is 1. The van der Waals surface area contributed by atoms with Crippen LogP contribution in [0.25, 0.3) is 0 Å². The highest BCUT2D eigenvalue weighted by Crippen LogP contribution is 2.46. The molecule has 0 aliphatic heterocycles. The molecule has 0 spiro atoms. The summed E-state index contributed by atoms with van der Waals surface area (Å²) in [5.41, 5.74) is 2.39. The number of carbonyl (C=O) groups excluding carboxylic acids is 1. The first kappa shape index (κ1) is 19.6. The summed E-state index contributed by atoms with van der Waals surface area (Å²) in [4.78, 5) is 13.1. The molecule has 0 atom stereocenters. The summed E-state index contributed by atoms with van der Waals surface area (Å²) in [7, 11) is 0. The first-order chi connectivity index (χ1) is 13.0. The summed E-state index contributed by atoms with van der Waals surface area (Å²) < 4.78 is 13.0. The van der Waals surface area contributed by atoms with Crippen molar-refractivity contribution in [1.82, 2.24) is 9.78 Å². The Morgan fingerprint density at radius 3 is 2.78 bits per heavy atom. The Labute approximate surface area is 168 Å². The molecule has 6 nitrogen and oxygen atoms in total. The lowest BCUT2D eigenvalue weighted by atomic mass is 10.1. The van der Waals surface area contributed by atoms with E-state index in [0.29, 0.717) is 39.4 Å². The molecule has 0 unspecified atom stereocenters. The minimum absolute atomic E-state index is 0.276. The molecule has 1 aliphatic rings. The largest absolute Gasteiger partial charge is 0.461 e. The Bertz CT molecular complexity index is 891. The van der Waals surface area contributed by atoms with Crippen LogP contribution in [-0.2, 0) is 10.6 Å². The van der Waals surface area contributed by atoms with Crippen LogP contribution in [0.3, 0.4) is 0 Å². The lowest BCUT2D eigenvalue weighted by molar-refractivity contribution is 0.0510. The van der Waals surface area contributed by atoms with Crippen LogP contribution in [-0.4, -0.2) is 28.6 Å². The van der Waals surface area contributed by atoms with Gasteiger partial charge in [-0.1, -0.05) is 0 Å². The maximum atomic E-state index is 12.6. The second kappa shape index (κ2) is 8.28. The minimum Gasteiger partial charge on any atom is -0.461 e. The third-order valence-corrected chi connectivity index (χ3v) is 5.09. The average molecular weight is 404 g/mol. The topological polar surface area (TPSA) is 77.1 Å². The summed E-state index contributed by atoms with van der Waals surface area (Å²) in [5, 5.41) is 13.9. The molecule has 1 heterocycles. The van der Waals surface area contributed by atoms with Gasteiger partial charge >= 0.3 is 5.97 Å². The first-order valence-corrected chi connectivity index (χ1v) is 10.5. The molecule has 1 aliphatic carbocycles. The van der Waals surface area contributed by atoms with E-state index >= 15 is 0 Å². The molecular weight excluding hydrogens is 382 g/mol. The number of thioether (sulfide) groups is 1. The van der Waals surface area contributed by atoms with Crippen LogP contribution in [0.2, 0.25) is 0 Å². The van der Waals surface area contributed by atoms with Crippen LogP contribution in [0.1, 0.15) is 53.0 Å². The van der Waals surface area contributed by atoms with Gasteiger partial charge in [-0.05, 0) is 50.6 Å². The van der Waals surface area contributed by atoms with Crippen molar-refractivity contribution < 1.29 is 14.3 Å². The van der Waals surface area contributed by atoms with Gasteiger partial charge in [-0.2, -0.15) is 10.4 Å². The number of thiol groups is 1. The predicted molar refractivity (Wildman–Crippen MR) is 107 cm³/mol. The van der Waals surface area contributed by atoms with Crippen molar-refractivity contribution >= 4 is 30.4 Å². The lowest BCUT2D eigenvalue weighted by Crippen LogP contribution is -2.13. The number of rotatable bonds is 7. The van der Waals surface area contributed by atoms with Gasteiger partial charge in [0.1, 0.15) is 17.5 Å². The zero-order valence-corrected chi connectivity index (χ0v) is 17.2. The number of esters is 1. The maximum Gasteiger partial charge on any atom is 0.360 e. The van der Waals surface area contributed by atoms with E-state index < -0.39 is 5.97 Å². The van der Waals surface area contributed by atoms with Crippen LogP contribution in [0, 0.1) is 18.3 Å². The number of carbonyl (C=O) groups is 1. The number of aromatic nitrogens is 2. The van der Waals surface area contributed by atoms with E-state index in [1.807, 2.05) is 13.2 Å². The van der Waals surface area contributed by atoms with Crippen LogP contribution in [0.4, 0.5) is 0 Å². The molecule has 0 radical (unpaired) electrons. The second-order valence-corrected chi connectivity index (χ2v) is 7.64. The van der Waals surface area contributed by atoms with Crippen molar-refractivity contribution in [2.45, 2.75) is 43.4 Å². The molecule has 1 saturated carbocycles. The number of hydrogen-bond donors (Lipinski definition) is 1. The fourth-order valence-corrected chi connectivity index (χ4v) is 3.65. The lowest BCUT2D eigenvalue weighted by Gasteiger charge is -2.11. The number of ether oxygens (including phenoxy) is 2. The van der Waals surface area contributed by atoms with Gasteiger partial charge in [-0.15, -0.1) is 24.4 Å². The zero-order chi connectivity index (χ0) is 19.6. The molecule has 1 fully saturated rings. The Balaban J connectivity index is 2.08. The van der Waals surface area contributed by atoms with Gasteiger partial charge in [0.2, 0.25) is 0 Å². The summed E-state index contributed by atoms with van der Waals surface area (Å²) in [5.74, 6) is 1.35. The van der Waals surface area contributed by atoms with Gasteiger partial charge in [-0.3, -0.25) is 0 Å². The van der Waals surface area contributed by atoms with Crippen LogP contribution in [0.15, 0.2) is 17.0 Å². The van der Waals surface area contributed by atoms with Crippen molar-refractivity contribution in [1.29, 1.82) is 5.26 Å². The first-order valence-electron chi connectivity index (χ1n) is 8.68. The SMILES string of the molecule is CCOC(=O)c1c(Oc2cc(C)c(C#N)c(S)c2)c(C2CC2)nn1CSC. The molecule has 0 N–H and O–H groups in total. The minimum atomic E-state index is -0.447. The highest BCUT2D eigenvalue weighted by Gasteiger charge is 2.36. The standard InChI is InChI=1S/C19H21N3O3S2/c1-4-24-19(23)17-18(16(12-5-6-12)21-22(17)10-27-3)25-13-7-11(2)14(9-20)15(26)8-13/h7-8,12,26H,4-6,10H2,1-3H3. The molecule has 1 aromatic carbocycles. The molecular formula is C19H21N3O3S2. The van der Waals surface area contributed by atoms with Crippen molar-refractivity contribution in [3.8, 4) is 17.6 Å². The van der Waals surface area contributed by atoms with E-state index in [4.69, 9.17) is 9.47 Å². The summed E-state index contributed by atoms with van der Waals surface area (Å²) in [6.45, 7) is 3.88. The molecule has 0 saturated heterocycles. The molecule has 0 bridgehead atoms. The number of benzene rings is 1. The fraction of sp³-hybridized carbons (Fsp3) is 0.421. The molecule has 0 amide bonds. The third-order valence-electron chi connectivity index (χ3n) is 4.24. The number of nitrogens with zero attached hydrogens (tertiary/aromatic N) is 3. The third kappa shape index (κ3) is 4.09. The summed E-state index contributed by atoms with van der Waals surface area (Å²) in [6, 6.07) is 5.60. The highest BCUT2D eigenvalue weighted by atomic mass is 32.2. The number of hydrogen-bond acceptors (Lipinski definition) is 7.